The SMILES string of the molecule is Cc1ccccc1S(=O)(=O)OCCCCN1CCC(C(c2ccccc2)(c2ccccc2)c2ccccc2)CC1. The Morgan fingerprint density at radius 2 is 1.18 bits per heavy atom. The molecule has 0 bridgehead atoms. The van der Waals surface area contributed by atoms with Gasteiger partial charge in [-0.1, -0.05) is 109 Å². The molecule has 0 radical (unpaired) electrons. The number of nitrogens with zero attached hydrogens (tertiary/aromatic N) is 1. The molecular weight excluding hydrogens is 514 g/mol. The van der Waals surface area contributed by atoms with Gasteiger partial charge in [-0.3, -0.25) is 4.18 Å². The molecule has 0 saturated carbocycles. The van der Waals surface area contributed by atoms with Gasteiger partial charge in [-0.15, -0.1) is 0 Å². The van der Waals surface area contributed by atoms with Crippen molar-refractivity contribution in [1.82, 2.24) is 4.90 Å². The van der Waals surface area contributed by atoms with Crippen LogP contribution in [0.1, 0.15) is 47.9 Å². The van der Waals surface area contributed by atoms with Gasteiger partial charge in [0.25, 0.3) is 10.1 Å². The Labute approximate surface area is 239 Å². The normalized spacial score (nSPS) is 15.2. The number of hydrogen-bond donors (Lipinski definition) is 0. The molecule has 0 N–H and O–H groups in total. The molecule has 0 amide bonds. The van der Waals surface area contributed by atoms with Crippen LogP contribution in [0.15, 0.2) is 120 Å². The number of unbranched alkanes of at least 4 members (excludes halogenated alkanes) is 1. The van der Waals surface area contributed by atoms with E-state index >= 15 is 0 Å². The highest BCUT2D eigenvalue weighted by Gasteiger charge is 2.44. The molecular formula is C35H39NO3S. The van der Waals surface area contributed by atoms with Crippen molar-refractivity contribution in [2.75, 3.05) is 26.2 Å². The van der Waals surface area contributed by atoms with E-state index in [-0.39, 0.29) is 16.9 Å². The van der Waals surface area contributed by atoms with E-state index in [1.807, 2.05) is 6.07 Å². The third kappa shape index (κ3) is 6.07. The molecule has 0 unspecified atom stereocenters. The van der Waals surface area contributed by atoms with E-state index in [1.54, 1.807) is 25.1 Å². The van der Waals surface area contributed by atoms with Crippen LogP contribution in [0.25, 0.3) is 0 Å². The largest absolute Gasteiger partial charge is 0.303 e. The quantitative estimate of drug-likeness (QED) is 0.112. The first-order chi connectivity index (χ1) is 19.5. The van der Waals surface area contributed by atoms with Gasteiger partial charge in [0, 0.05) is 5.41 Å². The number of rotatable bonds is 11. The van der Waals surface area contributed by atoms with Crippen molar-refractivity contribution in [3.8, 4) is 0 Å². The number of aryl methyl sites for hydroxylation is 1. The molecule has 0 spiro atoms. The Hall–Kier alpha value is -3.25. The monoisotopic (exact) mass is 553 g/mol. The van der Waals surface area contributed by atoms with Crippen LogP contribution in [-0.4, -0.2) is 39.6 Å². The molecule has 40 heavy (non-hydrogen) atoms. The minimum absolute atomic E-state index is 0.215. The van der Waals surface area contributed by atoms with Gasteiger partial charge in [-0.25, -0.2) is 0 Å². The van der Waals surface area contributed by atoms with Crippen LogP contribution in [-0.2, 0) is 19.7 Å². The summed E-state index contributed by atoms with van der Waals surface area (Å²) in [5, 5.41) is 0. The summed E-state index contributed by atoms with van der Waals surface area (Å²) in [5.74, 6) is 0.457. The molecule has 1 heterocycles. The molecule has 5 rings (SSSR count). The van der Waals surface area contributed by atoms with Crippen LogP contribution in [0.4, 0.5) is 0 Å². The lowest BCUT2D eigenvalue weighted by molar-refractivity contribution is 0.151. The molecule has 0 aliphatic carbocycles. The molecule has 0 aromatic heterocycles. The van der Waals surface area contributed by atoms with E-state index in [2.05, 4.69) is 95.9 Å². The minimum Gasteiger partial charge on any atom is -0.303 e. The van der Waals surface area contributed by atoms with E-state index in [1.165, 1.54) is 16.7 Å². The Morgan fingerprint density at radius 1 is 0.700 bits per heavy atom. The Balaban J connectivity index is 1.25. The van der Waals surface area contributed by atoms with Crippen LogP contribution < -0.4 is 0 Å². The molecule has 1 aliphatic heterocycles. The summed E-state index contributed by atoms with van der Waals surface area (Å²) in [6.07, 6.45) is 3.82. The summed E-state index contributed by atoms with van der Waals surface area (Å²) < 4.78 is 30.5. The highest BCUT2D eigenvalue weighted by atomic mass is 32.2. The number of benzene rings is 4. The van der Waals surface area contributed by atoms with Gasteiger partial charge < -0.3 is 4.90 Å². The topological polar surface area (TPSA) is 46.6 Å². The van der Waals surface area contributed by atoms with Crippen LogP contribution >= 0.6 is 0 Å². The average molecular weight is 554 g/mol. The van der Waals surface area contributed by atoms with Gasteiger partial charge >= 0.3 is 0 Å². The second kappa shape index (κ2) is 12.9. The predicted molar refractivity (Wildman–Crippen MR) is 162 cm³/mol. The fourth-order valence-electron chi connectivity index (χ4n) is 6.41. The number of piperidine rings is 1. The highest BCUT2D eigenvalue weighted by Crippen LogP contribution is 2.49. The molecule has 4 aromatic carbocycles. The summed E-state index contributed by atoms with van der Waals surface area (Å²) in [6, 6.07) is 40.0. The zero-order chi connectivity index (χ0) is 27.8. The Morgan fingerprint density at radius 3 is 1.68 bits per heavy atom. The highest BCUT2D eigenvalue weighted by molar-refractivity contribution is 7.86. The molecule has 1 saturated heterocycles. The summed E-state index contributed by atoms with van der Waals surface area (Å²) in [4.78, 5) is 2.79. The molecule has 4 nitrogen and oxygen atoms in total. The lowest BCUT2D eigenvalue weighted by atomic mass is 9.59. The zero-order valence-electron chi connectivity index (χ0n) is 23.3. The van der Waals surface area contributed by atoms with Crippen molar-refractivity contribution < 1.29 is 12.6 Å². The van der Waals surface area contributed by atoms with Gasteiger partial charge in [-0.05, 0) is 86.5 Å². The maximum atomic E-state index is 12.6. The molecule has 5 heteroatoms. The van der Waals surface area contributed by atoms with Crippen molar-refractivity contribution in [2.45, 2.75) is 42.9 Å². The van der Waals surface area contributed by atoms with Crippen molar-refractivity contribution >= 4 is 10.1 Å². The zero-order valence-corrected chi connectivity index (χ0v) is 24.1. The second-order valence-electron chi connectivity index (χ2n) is 10.8. The lowest BCUT2D eigenvalue weighted by Gasteiger charge is -2.46. The second-order valence-corrected chi connectivity index (χ2v) is 12.4. The molecule has 1 aliphatic rings. The fourth-order valence-corrected chi connectivity index (χ4v) is 7.58. The summed E-state index contributed by atoms with van der Waals surface area (Å²) >= 11 is 0. The first kappa shape index (κ1) is 28.3. The number of likely N-dealkylation sites (tertiary alicyclic amines) is 1. The van der Waals surface area contributed by atoms with Crippen molar-refractivity contribution in [1.29, 1.82) is 0 Å². The molecule has 1 fully saturated rings. The summed E-state index contributed by atoms with van der Waals surface area (Å²) in [5.41, 5.74) is 4.53. The summed E-state index contributed by atoms with van der Waals surface area (Å²) in [7, 11) is -3.71. The van der Waals surface area contributed by atoms with E-state index in [4.69, 9.17) is 4.18 Å². The maximum Gasteiger partial charge on any atom is 0.297 e. The minimum atomic E-state index is -3.71. The first-order valence-corrected chi connectivity index (χ1v) is 15.8. The van der Waals surface area contributed by atoms with E-state index in [0.29, 0.717) is 17.9 Å². The first-order valence-electron chi connectivity index (χ1n) is 14.4. The maximum absolute atomic E-state index is 12.6. The molecule has 4 aromatic rings. The van der Waals surface area contributed by atoms with E-state index in [0.717, 1.165) is 38.9 Å². The standard InChI is InChI=1S/C35H39NO3S/c1-29-15-11-12-22-34(29)40(37,38)39-28-14-13-25-36-26-23-33(24-27-36)35(30-16-5-2-6-17-30,31-18-7-3-8-19-31)32-20-9-4-10-21-32/h2-12,15-22,33H,13-14,23-28H2,1H3. The van der Waals surface area contributed by atoms with Crippen LogP contribution in [0.2, 0.25) is 0 Å². The van der Waals surface area contributed by atoms with Crippen LogP contribution in [0, 0.1) is 12.8 Å². The van der Waals surface area contributed by atoms with Gasteiger partial charge in [0.15, 0.2) is 0 Å². The van der Waals surface area contributed by atoms with E-state index < -0.39 is 10.1 Å². The van der Waals surface area contributed by atoms with Gasteiger partial charge in [0.1, 0.15) is 0 Å². The number of hydrogen-bond acceptors (Lipinski definition) is 4. The van der Waals surface area contributed by atoms with Gasteiger partial charge in [0.2, 0.25) is 0 Å². The van der Waals surface area contributed by atoms with Crippen molar-refractivity contribution in [2.24, 2.45) is 5.92 Å². The third-order valence-electron chi connectivity index (χ3n) is 8.36. The van der Waals surface area contributed by atoms with Crippen LogP contribution in [0.3, 0.4) is 0 Å². The molecule has 208 valence electrons. The average Bonchev–Trinajstić information content (AvgIpc) is 3.00. The Kier molecular flexibility index (Phi) is 9.15. The van der Waals surface area contributed by atoms with Gasteiger partial charge in [-0.2, -0.15) is 8.42 Å². The van der Waals surface area contributed by atoms with E-state index in [9.17, 15) is 8.42 Å². The molecule has 0 atom stereocenters. The lowest BCUT2D eigenvalue weighted by Crippen LogP contribution is -2.45. The third-order valence-corrected chi connectivity index (χ3v) is 9.83. The van der Waals surface area contributed by atoms with Crippen LogP contribution in [0.5, 0.6) is 0 Å². The van der Waals surface area contributed by atoms with Gasteiger partial charge in [0.05, 0.1) is 11.5 Å². The van der Waals surface area contributed by atoms with Crippen molar-refractivity contribution in [3.05, 3.63) is 138 Å². The predicted octanol–water partition coefficient (Wildman–Crippen LogP) is 7.23. The van der Waals surface area contributed by atoms with Crippen molar-refractivity contribution in [3.63, 3.8) is 0 Å². The Bertz CT molecular complexity index is 1350. The summed E-state index contributed by atoms with van der Waals surface area (Å²) in [6.45, 7) is 5.02. The fraction of sp³-hybridized carbons (Fsp3) is 0.314. The smallest absolute Gasteiger partial charge is 0.297 e.